The molecular formula is C16H27NO3. The first-order chi connectivity index (χ1) is 9.27. The lowest BCUT2D eigenvalue weighted by Crippen LogP contribution is -2.46. The minimum Gasteiger partial charge on any atom is -0.481 e. The molecule has 2 N–H and O–H groups in total. The Balaban J connectivity index is 1.80. The van der Waals surface area contributed by atoms with Crippen LogP contribution in [0.1, 0.15) is 65.7 Å². The lowest BCUT2D eigenvalue weighted by Gasteiger charge is -2.39. The van der Waals surface area contributed by atoms with E-state index in [1.165, 1.54) is 12.8 Å². The maximum absolute atomic E-state index is 12.0. The van der Waals surface area contributed by atoms with Gasteiger partial charge in [-0.05, 0) is 48.9 Å². The van der Waals surface area contributed by atoms with Gasteiger partial charge >= 0.3 is 5.97 Å². The zero-order valence-electron chi connectivity index (χ0n) is 12.9. The molecule has 0 heterocycles. The van der Waals surface area contributed by atoms with Crippen molar-refractivity contribution in [2.24, 2.45) is 16.7 Å². The van der Waals surface area contributed by atoms with Crippen LogP contribution in [0, 0.1) is 16.7 Å². The van der Waals surface area contributed by atoms with Crippen LogP contribution in [-0.2, 0) is 9.59 Å². The summed E-state index contributed by atoms with van der Waals surface area (Å²) in [7, 11) is 0. The molecule has 0 aromatic heterocycles. The number of carbonyl (C=O) groups excluding carboxylic acids is 1. The number of unbranched alkanes of at least 4 members (excludes halogenated alkanes) is 1. The second-order valence-corrected chi connectivity index (χ2v) is 7.33. The van der Waals surface area contributed by atoms with Crippen molar-refractivity contribution in [3.63, 3.8) is 0 Å². The molecule has 114 valence electrons. The zero-order chi connectivity index (χ0) is 15.0. The molecule has 0 aromatic rings. The van der Waals surface area contributed by atoms with Gasteiger partial charge in [-0.3, -0.25) is 9.59 Å². The van der Waals surface area contributed by atoms with E-state index in [0.29, 0.717) is 30.7 Å². The van der Waals surface area contributed by atoms with E-state index in [-0.39, 0.29) is 17.7 Å². The number of hydrogen-bond donors (Lipinski definition) is 2. The molecule has 2 aliphatic carbocycles. The van der Waals surface area contributed by atoms with Crippen LogP contribution in [0.15, 0.2) is 0 Å². The molecule has 0 aliphatic heterocycles. The van der Waals surface area contributed by atoms with E-state index in [1.807, 2.05) is 0 Å². The van der Waals surface area contributed by atoms with Crippen LogP contribution in [0.2, 0.25) is 0 Å². The summed E-state index contributed by atoms with van der Waals surface area (Å²) in [5.74, 6) is 0.0301. The number of rotatable bonds is 6. The van der Waals surface area contributed by atoms with Gasteiger partial charge in [0.05, 0.1) is 0 Å². The number of hydrogen-bond acceptors (Lipinski definition) is 2. The quantitative estimate of drug-likeness (QED) is 0.736. The minimum absolute atomic E-state index is 0.0879. The van der Waals surface area contributed by atoms with Crippen LogP contribution in [0.4, 0.5) is 0 Å². The van der Waals surface area contributed by atoms with Crippen LogP contribution >= 0.6 is 0 Å². The van der Waals surface area contributed by atoms with Gasteiger partial charge in [-0.2, -0.15) is 0 Å². The first-order valence-electron chi connectivity index (χ1n) is 7.78. The van der Waals surface area contributed by atoms with E-state index in [9.17, 15) is 9.59 Å². The van der Waals surface area contributed by atoms with Crippen LogP contribution in [-0.4, -0.2) is 23.0 Å². The number of aliphatic carboxylic acids is 1. The lowest BCUT2D eigenvalue weighted by atomic mass is 9.69. The number of carboxylic acids is 1. The Morgan fingerprint density at radius 3 is 2.35 bits per heavy atom. The smallest absolute Gasteiger partial charge is 0.303 e. The molecule has 0 radical (unpaired) electrons. The Morgan fingerprint density at radius 1 is 1.20 bits per heavy atom. The van der Waals surface area contributed by atoms with Gasteiger partial charge in [0.1, 0.15) is 0 Å². The first-order valence-corrected chi connectivity index (χ1v) is 7.78. The lowest BCUT2D eigenvalue weighted by molar-refractivity contribution is -0.137. The van der Waals surface area contributed by atoms with Gasteiger partial charge in [-0.1, -0.05) is 20.8 Å². The molecule has 3 atom stereocenters. The molecule has 0 spiro atoms. The predicted octanol–water partition coefficient (Wildman–Crippen LogP) is 2.96. The second-order valence-electron chi connectivity index (χ2n) is 7.33. The average molecular weight is 281 g/mol. The maximum atomic E-state index is 12.0. The molecule has 2 bridgehead atoms. The first kappa shape index (κ1) is 15.3. The fraction of sp³-hybridized carbons (Fsp3) is 0.875. The Labute approximate surface area is 121 Å². The van der Waals surface area contributed by atoms with Gasteiger partial charge in [0, 0.05) is 18.9 Å². The monoisotopic (exact) mass is 281 g/mol. The SMILES string of the molecule is CC1(C)C2CCC1(C)C(NC(=O)CCCCC(=O)O)C2. The largest absolute Gasteiger partial charge is 0.481 e. The third-order valence-corrected chi connectivity index (χ3v) is 6.17. The van der Waals surface area contributed by atoms with Crippen molar-refractivity contribution < 1.29 is 14.7 Å². The Kier molecular flexibility index (Phi) is 4.12. The standard InChI is InChI=1S/C16H27NO3/c1-15(2)11-8-9-16(15,3)12(10-11)17-13(18)6-4-5-7-14(19)20/h11-12H,4-10H2,1-3H3,(H,17,18)(H,19,20). The fourth-order valence-corrected chi connectivity index (χ4v) is 4.25. The summed E-state index contributed by atoms with van der Waals surface area (Å²) in [6.45, 7) is 6.99. The fourth-order valence-electron chi connectivity index (χ4n) is 4.25. The second kappa shape index (κ2) is 5.38. The van der Waals surface area contributed by atoms with Crippen molar-refractivity contribution in [1.82, 2.24) is 5.32 Å². The third kappa shape index (κ3) is 2.57. The van der Waals surface area contributed by atoms with Crippen molar-refractivity contribution in [3.8, 4) is 0 Å². The Morgan fingerprint density at radius 2 is 1.85 bits per heavy atom. The number of nitrogens with one attached hydrogen (secondary N) is 1. The molecule has 0 aromatic carbocycles. The van der Waals surface area contributed by atoms with Crippen LogP contribution in [0.25, 0.3) is 0 Å². The van der Waals surface area contributed by atoms with E-state index in [4.69, 9.17) is 5.11 Å². The van der Waals surface area contributed by atoms with Crippen LogP contribution in [0.3, 0.4) is 0 Å². The Bertz CT molecular complexity index is 405. The highest BCUT2D eigenvalue weighted by Crippen LogP contribution is 2.65. The number of carbonyl (C=O) groups is 2. The van der Waals surface area contributed by atoms with E-state index in [2.05, 4.69) is 26.1 Å². The van der Waals surface area contributed by atoms with E-state index < -0.39 is 5.97 Å². The number of carboxylic acid groups (broad SMARTS) is 1. The van der Waals surface area contributed by atoms with E-state index in [0.717, 1.165) is 12.3 Å². The molecule has 1 amide bonds. The molecule has 4 heteroatoms. The topological polar surface area (TPSA) is 66.4 Å². The summed E-state index contributed by atoms with van der Waals surface area (Å²) < 4.78 is 0. The van der Waals surface area contributed by atoms with Gasteiger partial charge in [0.25, 0.3) is 0 Å². The summed E-state index contributed by atoms with van der Waals surface area (Å²) >= 11 is 0. The molecule has 2 saturated carbocycles. The minimum atomic E-state index is -0.784. The van der Waals surface area contributed by atoms with Gasteiger partial charge in [0.2, 0.25) is 5.91 Å². The zero-order valence-corrected chi connectivity index (χ0v) is 12.9. The normalized spacial score (nSPS) is 34.1. The predicted molar refractivity (Wildman–Crippen MR) is 77.3 cm³/mol. The highest BCUT2D eigenvalue weighted by atomic mass is 16.4. The number of fused-ring (bicyclic) bond motifs is 2. The van der Waals surface area contributed by atoms with E-state index in [1.54, 1.807) is 0 Å². The summed E-state index contributed by atoms with van der Waals surface area (Å²) in [5.41, 5.74) is 0.530. The molecule has 2 rings (SSSR count). The van der Waals surface area contributed by atoms with Crippen LogP contribution < -0.4 is 5.32 Å². The number of amides is 1. The third-order valence-electron chi connectivity index (χ3n) is 6.17. The molecular weight excluding hydrogens is 254 g/mol. The van der Waals surface area contributed by atoms with Gasteiger partial charge in [-0.25, -0.2) is 0 Å². The van der Waals surface area contributed by atoms with Crippen molar-refractivity contribution in [1.29, 1.82) is 0 Å². The highest BCUT2D eigenvalue weighted by Gasteiger charge is 2.61. The molecule has 4 nitrogen and oxygen atoms in total. The summed E-state index contributed by atoms with van der Waals surface area (Å²) in [4.78, 5) is 22.4. The molecule has 2 aliphatic rings. The summed E-state index contributed by atoms with van der Waals surface area (Å²) in [5, 5.41) is 11.8. The average Bonchev–Trinajstić information content (AvgIpc) is 2.67. The van der Waals surface area contributed by atoms with Gasteiger partial charge in [0.15, 0.2) is 0 Å². The Hall–Kier alpha value is -1.06. The van der Waals surface area contributed by atoms with Crippen molar-refractivity contribution in [2.45, 2.75) is 71.8 Å². The summed E-state index contributed by atoms with van der Waals surface area (Å²) in [6, 6.07) is 0.295. The van der Waals surface area contributed by atoms with E-state index >= 15 is 0 Å². The van der Waals surface area contributed by atoms with Crippen molar-refractivity contribution in [2.75, 3.05) is 0 Å². The maximum Gasteiger partial charge on any atom is 0.303 e. The summed E-state index contributed by atoms with van der Waals surface area (Å²) in [6.07, 6.45) is 5.44. The molecule has 20 heavy (non-hydrogen) atoms. The molecule has 2 fully saturated rings. The van der Waals surface area contributed by atoms with Crippen LogP contribution in [0.5, 0.6) is 0 Å². The van der Waals surface area contributed by atoms with Gasteiger partial charge in [-0.15, -0.1) is 0 Å². The molecule has 3 unspecified atom stereocenters. The highest BCUT2D eigenvalue weighted by molar-refractivity contribution is 5.76. The molecule has 0 saturated heterocycles. The van der Waals surface area contributed by atoms with Crippen molar-refractivity contribution in [3.05, 3.63) is 0 Å². The van der Waals surface area contributed by atoms with Gasteiger partial charge < -0.3 is 10.4 Å². The van der Waals surface area contributed by atoms with Crippen molar-refractivity contribution >= 4 is 11.9 Å².